The zero-order valence-electron chi connectivity index (χ0n) is 12.3. The summed E-state index contributed by atoms with van der Waals surface area (Å²) in [6.45, 7) is 5.58. The topological polar surface area (TPSA) is 68.7 Å². The maximum Gasteiger partial charge on any atom is 0.338 e. The standard InChI is InChI=1S/C16H20N2O3/c1-3-18(11-13-6-5-9-21-13)15-8-7-12(10-14(15)17)16(19)20-4-2/h5-10H,3-4,11,17H2,1-2H3. The van der Waals surface area contributed by atoms with Gasteiger partial charge in [-0.3, -0.25) is 0 Å². The molecule has 112 valence electrons. The Morgan fingerprint density at radius 2 is 2.14 bits per heavy atom. The Morgan fingerprint density at radius 3 is 2.71 bits per heavy atom. The number of nitrogen functional groups attached to an aromatic ring is 1. The van der Waals surface area contributed by atoms with Crippen LogP contribution in [0.5, 0.6) is 0 Å². The molecule has 5 heteroatoms. The first-order valence-electron chi connectivity index (χ1n) is 6.99. The average Bonchev–Trinajstić information content (AvgIpc) is 2.98. The maximum absolute atomic E-state index is 11.7. The number of nitrogens with two attached hydrogens (primary N) is 1. The quantitative estimate of drug-likeness (QED) is 0.653. The van der Waals surface area contributed by atoms with Crippen molar-refractivity contribution in [3.63, 3.8) is 0 Å². The second-order valence-corrected chi connectivity index (χ2v) is 4.59. The summed E-state index contributed by atoms with van der Waals surface area (Å²) in [5.41, 5.74) is 7.97. The number of benzene rings is 1. The minimum absolute atomic E-state index is 0.347. The molecular weight excluding hydrogens is 268 g/mol. The number of anilines is 2. The van der Waals surface area contributed by atoms with Crippen molar-refractivity contribution in [2.45, 2.75) is 20.4 Å². The van der Waals surface area contributed by atoms with Crippen LogP contribution in [0, 0.1) is 0 Å². The lowest BCUT2D eigenvalue weighted by molar-refractivity contribution is 0.0526. The third kappa shape index (κ3) is 3.56. The molecule has 0 saturated carbocycles. The molecule has 0 fully saturated rings. The van der Waals surface area contributed by atoms with E-state index >= 15 is 0 Å². The predicted octanol–water partition coefficient (Wildman–Crippen LogP) is 3.07. The normalized spacial score (nSPS) is 10.4. The van der Waals surface area contributed by atoms with Crippen LogP contribution in [0.4, 0.5) is 11.4 Å². The van der Waals surface area contributed by atoms with Gasteiger partial charge in [-0.25, -0.2) is 4.79 Å². The van der Waals surface area contributed by atoms with Crippen molar-refractivity contribution < 1.29 is 13.9 Å². The third-order valence-electron chi connectivity index (χ3n) is 3.19. The average molecular weight is 288 g/mol. The number of rotatable bonds is 6. The second-order valence-electron chi connectivity index (χ2n) is 4.59. The lowest BCUT2D eigenvalue weighted by Crippen LogP contribution is -2.23. The Morgan fingerprint density at radius 1 is 1.33 bits per heavy atom. The van der Waals surface area contributed by atoms with Crippen LogP contribution in [0.15, 0.2) is 41.0 Å². The van der Waals surface area contributed by atoms with Crippen molar-refractivity contribution in [1.82, 2.24) is 0 Å². The number of ether oxygens (including phenoxy) is 1. The molecule has 21 heavy (non-hydrogen) atoms. The first-order valence-corrected chi connectivity index (χ1v) is 6.99. The Labute approximate surface area is 124 Å². The molecule has 2 rings (SSSR count). The number of furan rings is 1. The molecule has 0 radical (unpaired) electrons. The summed E-state index contributed by atoms with van der Waals surface area (Å²) in [6, 6.07) is 9.00. The molecule has 0 saturated heterocycles. The van der Waals surface area contributed by atoms with Gasteiger partial charge in [-0.2, -0.15) is 0 Å². The van der Waals surface area contributed by atoms with Crippen LogP contribution in [0.1, 0.15) is 30.0 Å². The van der Waals surface area contributed by atoms with Crippen molar-refractivity contribution in [2.24, 2.45) is 0 Å². The van der Waals surface area contributed by atoms with Crippen LogP contribution in [0.3, 0.4) is 0 Å². The zero-order valence-corrected chi connectivity index (χ0v) is 12.3. The highest BCUT2D eigenvalue weighted by Gasteiger charge is 2.13. The largest absolute Gasteiger partial charge is 0.467 e. The van der Waals surface area contributed by atoms with Gasteiger partial charge in [-0.05, 0) is 44.2 Å². The van der Waals surface area contributed by atoms with Crippen molar-refractivity contribution in [1.29, 1.82) is 0 Å². The maximum atomic E-state index is 11.7. The summed E-state index contributed by atoms with van der Waals surface area (Å²) in [7, 11) is 0. The van der Waals surface area contributed by atoms with E-state index in [-0.39, 0.29) is 5.97 Å². The van der Waals surface area contributed by atoms with Crippen LogP contribution < -0.4 is 10.6 Å². The molecule has 2 N–H and O–H groups in total. The number of carbonyl (C=O) groups excluding carboxylic acids is 1. The molecule has 1 aromatic carbocycles. The minimum Gasteiger partial charge on any atom is -0.467 e. The molecule has 0 aliphatic carbocycles. The fraction of sp³-hybridized carbons (Fsp3) is 0.312. The van der Waals surface area contributed by atoms with E-state index in [1.165, 1.54) is 0 Å². The lowest BCUT2D eigenvalue weighted by Gasteiger charge is -2.23. The van der Waals surface area contributed by atoms with Crippen LogP contribution in [-0.2, 0) is 11.3 Å². The second kappa shape index (κ2) is 6.83. The van der Waals surface area contributed by atoms with Crippen molar-refractivity contribution in [2.75, 3.05) is 23.8 Å². The fourth-order valence-electron chi connectivity index (χ4n) is 2.14. The van der Waals surface area contributed by atoms with E-state index in [4.69, 9.17) is 14.9 Å². The molecule has 0 bridgehead atoms. The van der Waals surface area contributed by atoms with Gasteiger partial charge in [0.1, 0.15) is 5.76 Å². The molecular formula is C16H20N2O3. The van der Waals surface area contributed by atoms with Gasteiger partial charge in [0.2, 0.25) is 0 Å². The van der Waals surface area contributed by atoms with Gasteiger partial charge in [0, 0.05) is 6.54 Å². The number of hydrogen-bond acceptors (Lipinski definition) is 5. The van der Waals surface area contributed by atoms with E-state index in [1.54, 1.807) is 25.3 Å². The van der Waals surface area contributed by atoms with E-state index in [0.29, 0.717) is 24.4 Å². The molecule has 0 unspecified atom stereocenters. The first kappa shape index (κ1) is 15.0. The van der Waals surface area contributed by atoms with E-state index in [1.807, 2.05) is 25.1 Å². The number of carbonyl (C=O) groups is 1. The van der Waals surface area contributed by atoms with Gasteiger partial charge < -0.3 is 19.8 Å². The summed E-state index contributed by atoms with van der Waals surface area (Å²) < 4.78 is 10.3. The van der Waals surface area contributed by atoms with Crippen LogP contribution >= 0.6 is 0 Å². The van der Waals surface area contributed by atoms with Gasteiger partial charge in [0.05, 0.1) is 36.4 Å². The smallest absolute Gasteiger partial charge is 0.338 e. The Balaban J connectivity index is 2.20. The predicted molar refractivity (Wildman–Crippen MR) is 82.2 cm³/mol. The van der Waals surface area contributed by atoms with Crippen molar-refractivity contribution >= 4 is 17.3 Å². The van der Waals surface area contributed by atoms with Gasteiger partial charge in [-0.15, -0.1) is 0 Å². The van der Waals surface area contributed by atoms with E-state index in [0.717, 1.165) is 18.0 Å². The molecule has 0 aliphatic rings. The van der Waals surface area contributed by atoms with Crippen molar-refractivity contribution in [3.8, 4) is 0 Å². The molecule has 0 amide bonds. The highest BCUT2D eigenvalue weighted by atomic mass is 16.5. The SMILES string of the molecule is CCOC(=O)c1ccc(N(CC)Cc2ccco2)c(N)c1. The molecule has 2 aromatic rings. The van der Waals surface area contributed by atoms with Crippen LogP contribution in [-0.4, -0.2) is 19.1 Å². The molecule has 0 aliphatic heterocycles. The van der Waals surface area contributed by atoms with E-state index < -0.39 is 0 Å². The molecule has 1 heterocycles. The lowest BCUT2D eigenvalue weighted by atomic mass is 10.1. The van der Waals surface area contributed by atoms with E-state index in [2.05, 4.69) is 4.90 Å². The zero-order chi connectivity index (χ0) is 15.2. The highest BCUT2D eigenvalue weighted by Crippen LogP contribution is 2.26. The molecule has 0 spiro atoms. The Bertz CT molecular complexity index is 594. The summed E-state index contributed by atoms with van der Waals surface area (Å²) in [5.74, 6) is 0.510. The van der Waals surface area contributed by atoms with Gasteiger partial charge in [-0.1, -0.05) is 0 Å². The molecule has 5 nitrogen and oxygen atoms in total. The van der Waals surface area contributed by atoms with E-state index in [9.17, 15) is 4.79 Å². The van der Waals surface area contributed by atoms with Gasteiger partial charge in [0.25, 0.3) is 0 Å². The number of esters is 1. The number of hydrogen-bond donors (Lipinski definition) is 1. The summed E-state index contributed by atoms with van der Waals surface area (Å²) in [4.78, 5) is 13.8. The van der Waals surface area contributed by atoms with Crippen LogP contribution in [0.25, 0.3) is 0 Å². The highest BCUT2D eigenvalue weighted by molar-refractivity contribution is 5.92. The molecule has 1 aromatic heterocycles. The van der Waals surface area contributed by atoms with Crippen LogP contribution in [0.2, 0.25) is 0 Å². The van der Waals surface area contributed by atoms with Gasteiger partial charge >= 0.3 is 5.97 Å². The fourth-order valence-corrected chi connectivity index (χ4v) is 2.14. The Kier molecular flexibility index (Phi) is 4.87. The molecule has 0 atom stereocenters. The van der Waals surface area contributed by atoms with Crippen molar-refractivity contribution in [3.05, 3.63) is 47.9 Å². The third-order valence-corrected chi connectivity index (χ3v) is 3.19. The minimum atomic E-state index is -0.357. The summed E-state index contributed by atoms with van der Waals surface area (Å²) in [5, 5.41) is 0. The monoisotopic (exact) mass is 288 g/mol. The summed E-state index contributed by atoms with van der Waals surface area (Å²) >= 11 is 0. The van der Waals surface area contributed by atoms with Gasteiger partial charge in [0.15, 0.2) is 0 Å². The number of nitrogens with zero attached hydrogens (tertiary/aromatic N) is 1. The Hall–Kier alpha value is -2.43. The first-order chi connectivity index (χ1) is 10.2. The summed E-state index contributed by atoms with van der Waals surface area (Å²) in [6.07, 6.45) is 1.65.